The lowest BCUT2D eigenvalue weighted by molar-refractivity contribution is -0.121. The van der Waals surface area contributed by atoms with E-state index >= 15 is 0 Å². The Labute approximate surface area is 274 Å². The van der Waals surface area contributed by atoms with Crippen LogP contribution in [-0.2, 0) is 4.79 Å². The lowest BCUT2D eigenvalue weighted by Crippen LogP contribution is -2.30. The number of aromatic nitrogens is 3. The molecule has 2 amide bonds. The smallest absolute Gasteiger partial charge is 0.336 e. The number of halogens is 1. The lowest BCUT2D eigenvalue weighted by atomic mass is 9.99. The van der Waals surface area contributed by atoms with E-state index in [0.717, 1.165) is 32.3 Å². The fourth-order valence-electron chi connectivity index (χ4n) is 5.12. The van der Waals surface area contributed by atoms with Gasteiger partial charge in [0, 0.05) is 45.2 Å². The molecule has 0 fully saturated rings. The second-order valence-electron chi connectivity index (χ2n) is 10.6. The number of nitrogens with zero attached hydrogens (tertiary/aromatic N) is 4. The van der Waals surface area contributed by atoms with E-state index in [2.05, 4.69) is 46.5 Å². The van der Waals surface area contributed by atoms with Gasteiger partial charge in [-0.1, -0.05) is 35.6 Å². The first-order valence-electron chi connectivity index (χ1n) is 14.6. The van der Waals surface area contributed by atoms with Crippen LogP contribution in [0, 0.1) is 32.6 Å². The number of hydrogen-bond acceptors (Lipinski definition) is 8. The lowest BCUT2D eigenvalue weighted by Gasteiger charge is -2.13. The van der Waals surface area contributed by atoms with Crippen molar-refractivity contribution in [3.63, 3.8) is 0 Å². The van der Waals surface area contributed by atoms with E-state index in [0.29, 0.717) is 29.6 Å². The second kappa shape index (κ2) is 14.1. The van der Waals surface area contributed by atoms with E-state index in [9.17, 15) is 19.5 Å². The Morgan fingerprint density at radius 1 is 1.07 bits per heavy atom. The van der Waals surface area contributed by atoms with Gasteiger partial charge in [-0.15, -0.1) is 21.5 Å². The maximum Gasteiger partial charge on any atom is 0.336 e. The van der Waals surface area contributed by atoms with E-state index in [1.165, 1.54) is 18.2 Å². The van der Waals surface area contributed by atoms with Crippen molar-refractivity contribution in [1.29, 1.82) is 0 Å². The first kappa shape index (κ1) is 32.6. The normalized spacial score (nSPS) is 13.4. The molecule has 3 heterocycles. The van der Waals surface area contributed by atoms with Crippen LogP contribution in [0.1, 0.15) is 78.4 Å². The fraction of sp³-hybridized carbons (Fsp3) is 0.273. The van der Waals surface area contributed by atoms with Crippen molar-refractivity contribution >= 4 is 46.4 Å². The van der Waals surface area contributed by atoms with E-state index in [1.807, 2.05) is 35.8 Å². The summed E-state index contributed by atoms with van der Waals surface area (Å²) in [6, 6.07) is 11.1. The summed E-state index contributed by atoms with van der Waals surface area (Å²) in [5.41, 5.74) is 9.65. The van der Waals surface area contributed by atoms with Crippen molar-refractivity contribution in [3.05, 3.63) is 97.4 Å². The largest absolute Gasteiger partial charge is 0.478 e. The molecule has 236 valence electrons. The van der Waals surface area contributed by atoms with Gasteiger partial charge in [0.25, 0.3) is 5.91 Å². The number of carboxylic acid groups (broad SMARTS) is 1. The summed E-state index contributed by atoms with van der Waals surface area (Å²) in [6.45, 7) is 6.71. The monoisotopic (exact) mass is 657 g/mol. The Kier molecular flexibility index (Phi) is 9.96. The third-order valence-corrected chi connectivity index (χ3v) is 8.98. The van der Waals surface area contributed by atoms with Gasteiger partial charge in [-0.2, -0.15) is 0 Å². The summed E-state index contributed by atoms with van der Waals surface area (Å²) in [6.07, 6.45) is 0.524. The molecule has 0 spiro atoms. The molecular formula is C33H32ClN7O4S. The SMILES string of the molecule is Cc1sc2c(c1C)C(c1ccc(Cl)cc1)=N[C@@H](CC(=O)NCCCNC(=O)c1ccc(C(=O)O)c(C#CCN)c1)c1nnc(C)n1-2. The highest BCUT2D eigenvalue weighted by molar-refractivity contribution is 7.15. The number of hydrogen-bond donors (Lipinski definition) is 4. The molecule has 1 aliphatic heterocycles. The maximum atomic E-state index is 13.2. The number of aryl methyl sites for hydroxylation is 2. The number of aromatic carboxylic acids is 1. The zero-order valence-electron chi connectivity index (χ0n) is 25.5. The molecule has 0 saturated heterocycles. The molecule has 13 heteroatoms. The molecule has 0 bridgehead atoms. The van der Waals surface area contributed by atoms with Crippen LogP contribution in [0.5, 0.6) is 0 Å². The summed E-state index contributed by atoms with van der Waals surface area (Å²) < 4.78 is 2.00. The zero-order chi connectivity index (χ0) is 33.0. The van der Waals surface area contributed by atoms with Crippen LogP contribution in [0.3, 0.4) is 0 Å². The Morgan fingerprint density at radius 2 is 1.80 bits per heavy atom. The van der Waals surface area contributed by atoms with E-state index in [-0.39, 0.29) is 48.0 Å². The molecule has 11 nitrogen and oxygen atoms in total. The van der Waals surface area contributed by atoms with Gasteiger partial charge in [-0.3, -0.25) is 19.1 Å². The van der Waals surface area contributed by atoms with Crippen molar-refractivity contribution in [3.8, 4) is 16.8 Å². The third-order valence-electron chi connectivity index (χ3n) is 7.53. The number of rotatable bonds is 9. The van der Waals surface area contributed by atoms with E-state index < -0.39 is 12.0 Å². The Bertz CT molecular complexity index is 1920. The minimum atomic E-state index is -1.14. The van der Waals surface area contributed by atoms with Gasteiger partial charge >= 0.3 is 5.97 Å². The van der Waals surface area contributed by atoms with Crippen LogP contribution in [0.2, 0.25) is 5.02 Å². The summed E-state index contributed by atoms with van der Waals surface area (Å²) in [4.78, 5) is 43.6. The van der Waals surface area contributed by atoms with Crippen LogP contribution >= 0.6 is 22.9 Å². The molecule has 0 radical (unpaired) electrons. The first-order valence-corrected chi connectivity index (χ1v) is 15.8. The molecule has 4 aromatic rings. The number of carbonyl (C=O) groups is 3. The molecule has 46 heavy (non-hydrogen) atoms. The minimum absolute atomic E-state index is 0.00669. The first-order chi connectivity index (χ1) is 22.1. The molecule has 5 rings (SSSR count). The fourth-order valence-corrected chi connectivity index (χ4v) is 6.46. The number of aliphatic imine (C=N–C) groups is 1. The Morgan fingerprint density at radius 3 is 2.52 bits per heavy atom. The third kappa shape index (κ3) is 6.87. The standard InChI is InChI=1S/C33H32ClN7O4S/c1-18-19(2)46-32-28(18)29(21-7-10-24(34)11-8-21)38-26(30-40-39-20(3)41(30)32)17-27(42)36-14-5-15-37-31(43)23-9-12-25(33(44)45)22(16-23)6-4-13-35/h7-12,16,26H,5,13-15,17,35H2,1-3H3,(H,36,42)(H,37,43)(H,44,45)/t26-/m0/s1. The van der Waals surface area contributed by atoms with Crippen molar-refractivity contribution in [2.75, 3.05) is 19.6 Å². The number of nitrogens with two attached hydrogens (primary N) is 1. The van der Waals surface area contributed by atoms with Gasteiger partial charge in [0.1, 0.15) is 16.9 Å². The molecule has 2 aromatic heterocycles. The molecule has 0 aliphatic carbocycles. The van der Waals surface area contributed by atoms with Gasteiger partial charge < -0.3 is 21.5 Å². The molecule has 0 unspecified atom stereocenters. The van der Waals surface area contributed by atoms with Crippen LogP contribution in [-0.4, -0.2) is 63.0 Å². The van der Waals surface area contributed by atoms with Gasteiger partial charge in [0.05, 0.1) is 24.2 Å². The van der Waals surface area contributed by atoms with Crippen LogP contribution in [0.4, 0.5) is 0 Å². The number of benzene rings is 2. The van der Waals surface area contributed by atoms with Gasteiger partial charge in [0.15, 0.2) is 5.82 Å². The summed E-state index contributed by atoms with van der Waals surface area (Å²) >= 11 is 7.83. The topological polar surface area (TPSA) is 165 Å². The summed E-state index contributed by atoms with van der Waals surface area (Å²) in [5, 5.41) is 25.5. The molecule has 5 N–H and O–H groups in total. The zero-order valence-corrected chi connectivity index (χ0v) is 27.1. The van der Waals surface area contributed by atoms with Crippen molar-refractivity contribution < 1.29 is 19.5 Å². The number of carbonyl (C=O) groups excluding carboxylic acids is 2. The van der Waals surface area contributed by atoms with Gasteiger partial charge in [-0.25, -0.2) is 4.79 Å². The summed E-state index contributed by atoms with van der Waals surface area (Å²) in [5.74, 6) is 4.88. The van der Waals surface area contributed by atoms with Crippen LogP contribution in [0.15, 0.2) is 47.5 Å². The van der Waals surface area contributed by atoms with Crippen molar-refractivity contribution in [2.24, 2.45) is 10.7 Å². The minimum Gasteiger partial charge on any atom is -0.478 e. The molecular weight excluding hydrogens is 626 g/mol. The molecule has 1 atom stereocenters. The molecule has 1 aliphatic rings. The Hall–Kier alpha value is -4.83. The number of amides is 2. The maximum absolute atomic E-state index is 13.2. The van der Waals surface area contributed by atoms with Gasteiger partial charge in [0.2, 0.25) is 5.91 Å². The molecule has 0 saturated carbocycles. The van der Waals surface area contributed by atoms with Crippen molar-refractivity contribution in [1.82, 2.24) is 25.4 Å². The predicted octanol–water partition coefficient (Wildman–Crippen LogP) is 4.13. The Balaban J connectivity index is 1.26. The quantitative estimate of drug-likeness (QED) is 0.155. The van der Waals surface area contributed by atoms with Crippen LogP contribution < -0.4 is 16.4 Å². The van der Waals surface area contributed by atoms with Crippen molar-refractivity contribution in [2.45, 2.75) is 39.7 Å². The number of carboxylic acids is 1. The number of nitrogens with one attached hydrogen (secondary N) is 2. The number of fused-ring (bicyclic) bond motifs is 3. The molecule has 2 aromatic carbocycles. The summed E-state index contributed by atoms with van der Waals surface area (Å²) in [7, 11) is 0. The predicted molar refractivity (Wildman–Crippen MR) is 177 cm³/mol. The van der Waals surface area contributed by atoms with E-state index in [1.54, 1.807) is 11.3 Å². The average molecular weight is 658 g/mol. The highest BCUT2D eigenvalue weighted by atomic mass is 35.5. The highest BCUT2D eigenvalue weighted by Gasteiger charge is 2.32. The number of thiophene rings is 1. The van der Waals surface area contributed by atoms with Crippen LogP contribution in [0.25, 0.3) is 5.00 Å². The van der Waals surface area contributed by atoms with Gasteiger partial charge in [-0.05, 0) is 63.1 Å². The highest BCUT2D eigenvalue weighted by Crippen LogP contribution is 2.39. The average Bonchev–Trinajstić information content (AvgIpc) is 3.51. The second-order valence-corrected chi connectivity index (χ2v) is 12.3. The van der Waals surface area contributed by atoms with E-state index in [4.69, 9.17) is 22.3 Å².